The Bertz CT molecular complexity index is 294. The molecular formula is C17H33NO. The van der Waals surface area contributed by atoms with Gasteiger partial charge in [0.2, 0.25) is 0 Å². The second-order valence-corrected chi connectivity index (χ2v) is 7.74. The van der Waals surface area contributed by atoms with Crippen LogP contribution in [-0.4, -0.2) is 17.3 Å². The summed E-state index contributed by atoms with van der Waals surface area (Å²) in [6.07, 6.45) is 9.30. The molecule has 0 aromatic carbocycles. The molecule has 2 heteroatoms. The number of hydrogen-bond donors (Lipinski definition) is 2. The van der Waals surface area contributed by atoms with Crippen LogP contribution in [0.4, 0.5) is 0 Å². The third-order valence-electron chi connectivity index (χ3n) is 6.08. The summed E-state index contributed by atoms with van der Waals surface area (Å²) in [4.78, 5) is 0. The van der Waals surface area contributed by atoms with Crippen LogP contribution in [0.1, 0.15) is 72.1 Å². The first-order chi connectivity index (χ1) is 8.94. The van der Waals surface area contributed by atoms with Crippen molar-refractivity contribution in [2.24, 2.45) is 28.9 Å². The fraction of sp³-hybridized carbons (Fsp3) is 1.00. The largest absolute Gasteiger partial charge is 0.389 e. The molecule has 0 heterocycles. The minimum atomic E-state index is -0.507. The quantitative estimate of drug-likeness (QED) is 0.818. The molecular weight excluding hydrogens is 234 g/mol. The van der Waals surface area contributed by atoms with Crippen LogP contribution < -0.4 is 5.73 Å². The summed E-state index contributed by atoms with van der Waals surface area (Å²) in [5.74, 6) is 2.05. The van der Waals surface area contributed by atoms with Crippen molar-refractivity contribution in [3.8, 4) is 0 Å². The maximum Gasteiger partial charge on any atom is 0.0720 e. The van der Waals surface area contributed by atoms with Gasteiger partial charge in [0.05, 0.1) is 5.60 Å². The van der Waals surface area contributed by atoms with Gasteiger partial charge in [-0.15, -0.1) is 0 Å². The molecule has 0 radical (unpaired) electrons. The second kappa shape index (κ2) is 5.73. The molecule has 112 valence electrons. The molecule has 4 atom stereocenters. The average molecular weight is 267 g/mol. The fourth-order valence-electron chi connectivity index (χ4n) is 5.16. The Morgan fingerprint density at radius 2 is 1.79 bits per heavy atom. The van der Waals surface area contributed by atoms with E-state index in [9.17, 15) is 5.11 Å². The Morgan fingerprint density at radius 1 is 1.16 bits per heavy atom. The van der Waals surface area contributed by atoms with Crippen LogP contribution in [-0.2, 0) is 0 Å². The zero-order valence-electron chi connectivity index (χ0n) is 13.1. The summed E-state index contributed by atoms with van der Waals surface area (Å²) in [5, 5.41) is 11.4. The maximum absolute atomic E-state index is 11.4. The fourth-order valence-corrected chi connectivity index (χ4v) is 5.16. The first kappa shape index (κ1) is 15.3. The van der Waals surface area contributed by atoms with E-state index in [2.05, 4.69) is 20.8 Å². The number of aliphatic hydroxyl groups is 1. The molecule has 0 amide bonds. The summed E-state index contributed by atoms with van der Waals surface area (Å²) >= 11 is 0. The summed E-state index contributed by atoms with van der Waals surface area (Å²) in [5.41, 5.74) is 5.69. The van der Waals surface area contributed by atoms with E-state index in [0.29, 0.717) is 18.4 Å². The standard InChI is InChI=1S/C17H33NO/c1-4-15-6-5-7-16(11-15,12-18)17(19)9-13(2)8-14(3)10-17/h13-15,19H,4-12,18H2,1-3H3. The third kappa shape index (κ3) is 2.85. The molecule has 0 aliphatic heterocycles. The van der Waals surface area contributed by atoms with E-state index in [1.54, 1.807) is 0 Å². The monoisotopic (exact) mass is 267 g/mol. The lowest BCUT2D eigenvalue weighted by Gasteiger charge is -2.55. The SMILES string of the molecule is CCC1CCCC(CN)(C2(O)CC(C)CC(C)C2)C1. The highest BCUT2D eigenvalue weighted by Crippen LogP contribution is 2.54. The van der Waals surface area contributed by atoms with Crippen molar-refractivity contribution in [3.05, 3.63) is 0 Å². The topological polar surface area (TPSA) is 46.2 Å². The van der Waals surface area contributed by atoms with Gasteiger partial charge in [-0.1, -0.05) is 40.0 Å². The lowest BCUT2D eigenvalue weighted by Crippen LogP contribution is -2.57. The first-order valence-electron chi connectivity index (χ1n) is 8.37. The molecule has 0 spiro atoms. The van der Waals surface area contributed by atoms with E-state index in [1.165, 1.54) is 25.7 Å². The Balaban J connectivity index is 2.23. The minimum absolute atomic E-state index is 0.00509. The highest BCUT2D eigenvalue weighted by atomic mass is 16.3. The zero-order valence-corrected chi connectivity index (χ0v) is 13.1. The van der Waals surface area contributed by atoms with Gasteiger partial charge < -0.3 is 10.8 Å². The molecule has 2 rings (SSSR count). The molecule has 2 nitrogen and oxygen atoms in total. The zero-order chi connectivity index (χ0) is 14.1. The first-order valence-corrected chi connectivity index (χ1v) is 8.37. The summed E-state index contributed by atoms with van der Waals surface area (Å²) in [7, 11) is 0. The van der Waals surface area contributed by atoms with Crippen molar-refractivity contribution in [2.75, 3.05) is 6.54 Å². The number of nitrogens with two attached hydrogens (primary N) is 1. The maximum atomic E-state index is 11.4. The third-order valence-corrected chi connectivity index (χ3v) is 6.08. The van der Waals surface area contributed by atoms with Crippen molar-refractivity contribution < 1.29 is 5.11 Å². The predicted octanol–water partition coefficient (Wildman–Crippen LogP) is 3.72. The van der Waals surface area contributed by atoms with Gasteiger partial charge in [0.1, 0.15) is 0 Å². The van der Waals surface area contributed by atoms with Gasteiger partial charge in [-0.25, -0.2) is 0 Å². The normalized spacial score (nSPS) is 48.2. The molecule has 0 aromatic heterocycles. The average Bonchev–Trinajstić information content (AvgIpc) is 2.37. The second-order valence-electron chi connectivity index (χ2n) is 7.74. The highest BCUT2D eigenvalue weighted by molar-refractivity contribution is 5.05. The van der Waals surface area contributed by atoms with Gasteiger partial charge in [0, 0.05) is 12.0 Å². The number of rotatable bonds is 3. The summed E-state index contributed by atoms with van der Waals surface area (Å²) < 4.78 is 0. The van der Waals surface area contributed by atoms with E-state index in [4.69, 9.17) is 5.73 Å². The van der Waals surface area contributed by atoms with Crippen LogP contribution in [0.2, 0.25) is 0 Å². The molecule has 19 heavy (non-hydrogen) atoms. The van der Waals surface area contributed by atoms with E-state index in [1.807, 2.05) is 0 Å². The van der Waals surface area contributed by atoms with E-state index in [0.717, 1.165) is 31.6 Å². The van der Waals surface area contributed by atoms with E-state index in [-0.39, 0.29) is 5.41 Å². The lowest BCUT2D eigenvalue weighted by molar-refractivity contribution is -0.148. The van der Waals surface area contributed by atoms with Gasteiger partial charge in [-0.2, -0.15) is 0 Å². The molecule has 4 unspecified atom stereocenters. The Morgan fingerprint density at radius 3 is 2.32 bits per heavy atom. The van der Waals surface area contributed by atoms with Crippen molar-refractivity contribution in [1.82, 2.24) is 0 Å². The van der Waals surface area contributed by atoms with Crippen molar-refractivity contribution in [2.45, 2.75) is 77.7 Å². The molecule has 0 bridgehead atoms. The lowest BCUT2D eigenvalue weighted by atomic mass is 9.54. The van der Waals surface area contributed by atoms with Crippen LogP contribution in [0.5, 0.6) is 0 Å². The van der Waals surface area contributed by atoms with Crippen LogP contribution in [0.25, 0.3) is 0 Å². The summed E-state index contributed by atoms with van der Waals surface area (Å²) in [6, 6.07) is 0. The predicted molar refractivity (Wildman–Crippen MR) is 80.9 cm³/mol. The van der Waals surface area contributed by atoms with Gasteiger partial charge in [0.25, 0.3) is 0 Å². The molecule has 2 aliphatic rings. The van der Waals surface area contributed by atoms with Gasteiger partial charge in [0.15, 0.2) is 0 Å². The molecule has 0 aromatic rings. The van der Waals surface area contributed by atoms with Gasteiger partial charge in [-0.3, -0.25) is 0 Å². The smallest absolute Gasteiger partial charge is 0.0720 e. The Hall–Kier alpha value is -0.0800. The molecule has 3 N–H and O–H groups in total. The van der Waals surface area contributed by atoms with Crippen molar-refractivity contribution in [3.63, 3.8) is 0 Å². The van der Waals surface area contributed by atoms with Crippen molar-refractivity contribution in [1.29, 1.82) is 0 Å². The van der Waals surface area contributed by atoms with Crippen LogP contribution in [0.3, 0.4) is 0 Å². The molecule has 2 fully saturated rings. The van der Waals surface area contributed by atoms with E-state index >= 15 is 0 Å². The number of hydrogen-bond acceptors (Lipinski definition) is 2. The van der Waals surface area contributed by atoms with E-state index < -0.39 is 5.60 Å². The van der Waals surface area contributed by atoms with Gasteiger partial charge in [-0.05, 0) is 49.9 Å². The van der Waals surface area contributed by atoms with Crippen molar-refractivity contribution >= 4 is 0 Å². The summed E-state index contributed by atoms with van der Waals surface area (Å²) in [6.45, 7) is 7.54. The van der Waals surface area contributed by atoms with Crippen LogP contribution in [0.15, 0.2) is 0 Å². The van der Waals surface area contributed by atoms with Gasteiger partial charge >= 0.3 is 0 Å². The Labute approximate surface area is 119 Å². The van der Waals surface area contributed by atoms with Crippen LogP contribution >= 0.6 is 0 Å². The highest BCUT2D eigenvalue weighted by Gasteiger charge is 2.53. The Kier molecular flexibility index (Phi) is 4.62. The molecule has 0 saturated heterocycles. The molecule has 2 saturated carbocycles. The minimum Gasteiger partial charge on any atom is -0.389 e. The molecule has 2 aliphatic carbocycles. The van der Waals surface area contributed by atoms with Crippen LogP contribution in [0, 0.1) is 23.2 Å².